The number of hydrogen-bond acceptors (Lipinski definition) is 5. The Morgan fingerprint density at radius 1 is 1.26 bits per heavy atom. The molecule has 0 bridgehead atoms. The third-order valence-corrected chi connectivity index (χ3v) is 3.83. The lowest BCUT2D eigenvalue weighted by Gasteiger charge is -2.27. The van der Waals surface area contributed by atoms with E-state index in [4.69, 9.17) is 16.7 Å². The van der Waals surface area contributed by atoms with Crippen molar-refractivity contribution in [1.29, 1.82) is 0 Å². The summed E-state index contributed by atoms with van der Waals surface area (Å²) in [7, 11) is 0. The molecule has 0 amide bonds. The summed E-state index contributed by atoms with van der Waals surface area (Å²) in [6.45, 7) is 6.09. The highest BCUT2D eigenvalue weighted by Gasteiger charge is 2.31. The first-order valence-electron chi connectivity index (χ1n) is 7.26. The third kappa shape index (κ3) is 3.12. The molecule has 0 atom stereocenters. The van der Waals surface area contributed by atoms with Crippen LogP contribution in [0.25, 0.3) is 17.1 Å². The number of rotatable bonds is 2. The van der Waals surface area contributed by atoms with Crippen LogP contribution in [0.3, 0.4) is 0 Å². The Hall–Kier alpha value is -2.21. The van der Waals surface area contributed by atoms with E-state index in [0.717, 1.165) is 5.57 Å². The summed E-state index contributed by atoms with van der Waals surface area (Å²) in [4.78, 5) is 9.13. The molecule has 4 nitrogen and oxygen atoms in total. The topological polar surface area (TPSA) is 51.8 Å². The largest absolute Gasteiger partial charge is 0.334 e. The van der Waals surface area contributed by atoms with Gasteiger partial charge in [-0.1, -0.05) is 44.2 Å². The highest BCUT2D eigenvalue weighted by atomic mass is 32.1. The molecule has 0 aromatic carbocycles. The molecule has 118 valence electrons. The Bertz CT molecular complexity index is 816. The smallest absolute Gasteiger partial charge is 0.258 e. The number of halogens is 1. The van der Waals surface area contributed by atoms with E-state index in [1.54, 1.807) is 12.3 Å². The molecular weight excluding hydrogens is 313 g/mol. The molecule has 3 rings (SSSR count). The zero-order valence-electron chi connectivity index (χ0n) is 13.1. The molecule has 0 radical (unpaired) electrons. The molecule has 6 heteroatoms. The summed E-state index contributed by atoms with van der Waals surface area (Å²) in [6, 6.07) is 5.44. The molecule has 1 aliphatic carbocycles. The second kappa shape index (κ2) is 5.77. The lowest BCUT2D eigenvalue weighted by atomic mass is 9.78. The quantitative estimate of drug-likeness (QED) is 0.756. The molecule has 2 aromatic heterocycles. The van der Waals surface area contributed by atoms with Gasteiger partial charge in [0, 0.05) is 23.1 Å². The summed E-state index contributed by atoms with van der Waals surface area (Å²) < 4.78 is 19.2. The lowest BCUT2D eigenvalue weighted by Crippen LogP contribution is -2.21. The van der Waals surface area contributed by atoms with Crippen LogP contribution in [0.2, 0.25) is 0 Å². The van der Waals surface area contributed by atoms with Crippen LogP contribution in [0.5, 0.6) is 0 Å². The highest BCUT2D eigenvalue weighted by molar-refractivity contribution is 7.80. The first-order chi connectivity index (χ1) is 10.9. The van der Waals surface area contributed by atoms with Crippen molar-refractivity contribution >= 4 is 22.7 Å². The number of thiocarbonyl (C=S) groups is 1. The standard InChI is InChI=1S/C17H16FN3OS/c1-17(2,3)14-11(8-10(18)9-13(14)23)16-20-15(21-22-16)12-6-4-5-7-19-12/h4-8H,9H2,1-3H3. The Morgan fingerprint density at radius 3 is 2.70 bits per heavy atom. The molecule has 0 saturated carbocycles. The average Bonchev–Trinajstić information content (AvgIpc) is 2.95. The fraction of sp³-hybridized carbons (Fsp3) is 0.294. The zero-order chi connectivity index (χ0) is 16.6. The van der Waals surface area contributed by atoms with Crippen LogP contribution < -0.4 is 0 Å². The molecule has 0 aliphatic heterocycles. The molecule has 0 fully saturated rings. The van der Waals surface area contributed by atoms with E-state index < -0.39 is 0 Å². The van der Waals surface area contributed by atoms with Gasteiger partial charge in [0.05, 0.1) is 0 Å². The van der Waals surface area contributed by atoms with Crippen molar-refractivity contribution in [1.82, 2.24) is 15.1 Å². The molecule has 1 aliphatic rings. The van der Waals surface area contributed by atoms with Gasteiger partial charge in [-0.05, 0) is 29.2 Å². The van der Waals surface area contributed by atoms with Crippen LogP contribution in [0, 0.1) is 5.41 Å². The third-order valence-electron chi connectivity index (χ3n) is 3.48. The summed E-state index contributed by atoms with van der Waals surface area (Å²) in [5.74, 6) is 0.329. The second-order valence-corrected chi connectivity index (χ2v) is 6.86. The summed E-state index contributed by atoms with van der Waals surface area (Å²) >= 11 is 5.39. The van der Waals surface area contributed by atoms with Gasteiger partial charge in [-0.15, -0.1) is 0 Å². The van der Waals surface area contributed by atoms with E-state index in [0.29, 0.717) is 22.0 Å². The van der Waals surface area contributed by atoms with Gasteiger partial charge >= 0.3 is 0 Å². The normalized spacial score (nSPS) is 15.8. The van der Waals surface area contributed by atoms with Crippen LogP contribution in [0.4, 0.5) is 4.39 Å². The van der Waals surface area contributed by atoms with Crippen molar-refractivity contribution < 1.29 is 8.91 Å². The molecular formula is C17H16FN3OS. The minimum Gasteiger partial charge on any atom is -0.334 e. The monoisotopic (exact) mass is 329 g/mol. The van der Waals surface area contributed by atoms with E-state index in [2.05, 4.69) is 15.1 Å². The minimum absolute atomic E-state index is 0.146. The van der Waals surface area contributed by atoms with Gasteiger partial charge in [0.25, 0.3) is 5.89 Å². The van der Waals surface area contributed by atoms with Crippen LogP contribution in [-0.4, -0.2) is 20.0 Å². The molecule has 2 heterocycles. The van der Waals surface area contributed by atoms with Gasteiger partial charge in [0.15, 0.2) is 0 Å². The van der Waals surface area contributed by atoms with Crippen LogP contribution in [0.15, 0.2) is 46.4 Å². The van der Waals surface area contributed by atoms with Crippen LogP contribution in [0.1, 0.15) is 33.1 Å². The Morgan fingerprint density at radius 2 is 2.04 bits per heavy atom. The molecule has 23 heavy (non-hydrogen) atoms. The fourth-order valence-electron chi connectivity index (χ4n) is 2.59. The highest BCUT2D eigenvalue weighted by Crippen LogP contribution is 2.39. The maximum absolute atomic E-state index is 13.9. The minimum atomic E-state index is -0.296. The van der Waals surface area contributed by atoms with Crippen LogP contribution >= 0.6 is 12.2 Å². The van der Waals surface area contributed by atoms with Gasteiger partial charge in [0.1, 0.15) is 11.5 Å². The summed E-state index contributed by atoms with van der Waals surface area (Å²) in [6.07, 6.45) is 3.24. The van der Waals surface area contributed by atoms with Gasteiger partial charge in [0.2, 0.25) is 5.82 Å². The van der Waals surface area contributed by atoms with Crippen molar-refractivity contribution in [2.75, 3.05) is 0 Å². The first kappa shape index (κ1) is 15.7. The fourth-order valence-corrected chi connectivity index (χ4v) is 3.15. The van der Waals surface area contributed by atoms with Gasteiger partial charge in [-0.25, -0.2) is 4.39 Å². The van der Waals surface area contributed by atoms with E-state index in [1.165, 1.54) is 6.08 Å². The Balaban J connectivity index is 2.12. The van der Waals surface area contributed by atoms with E-state index in [-0.39, 0.29) is 23.6 Å². The predicted octanol–water partition coefficient (Wildman–Crippen LogP) is 4.56. The zero-order valence-corrected chi connectivity index (χ0v) is 13.9. The van der Waals surface area contributed by atoms with Crippen molar-refractivity contribution in [3.8, 4) is 11.5 Å². The second-order valence-electron chi connectivity index (χ2n) is 6.37. The average molecular weight is 329 g/mol. The number of hydrogen-bond donors (Lipinski definition) is 0. The lowest BCUT2D eigenvalue weighted by molar-refractivity contribution is 0.406. The SMILES string of the molecule is CC(C)(C)C1=C(c2nc(-c3ccccn3)no2)C=C(F)CC1=S. The number of nitrogens with zero attached hydrogens (tertiary/aromatic N) is 3. The number of allylic oxidation sites excluding steroid dienone is 4. The molecule has 0 unspecified atom stereocenters. The Labute approximate surface area is 139 Å². The van der Waals surface area contributed by atoms with Crippen molar-refractivity contribution in [2.24, 2.45) is 5.41 Å². The molecule has 0 N–H and O–H groups in total. The van der Waals surface area contributed by atoms with Crippen molar-refractivity contribution in [2.45, 2.75) is 27.2 Å². The van der Waals surface area contributed by atoms with Gasteiger partial charge < -0.3 is 4.52 Å². The van der Waals surface area contributed by atoms with E-state index >= 15 is 0 Å². The van der Waals surface area contributed by atoms with Crippen molar-refractivity contribution in [3.05, 3.63) is 47.8 Å². The van der Waals surface area contributed by atoms with Gasteiger partial charge in [-0.3, -0.25) is 4.98 Å². The first-order valence-corrected chi connectivity index (χ1v) is 7.66. The summed E-state index contributed by atoms with van der Waals surface area (Å²) in [5, 5.41) is 3.95. The molecule has 0 saturated heterocycles. The maximum atomic E-state index is 13.9. The number of aromatic nitrogens is 3. The molecule has 2 aromatic rings. The Kier molecular flexibility index (Phi) is 3.93. The van der Waals surface area contributed by atoms with Gasteiger partial charge in [-0.2, -0.15) is 4.98 Å². The number of pyridine rings is 1. The maximum Gasteiger partial charge on any atom is 0.258 e. The summed E-state index contributed by atoms with van der Waals surface area (Å²) in [5.41, 5.74) is 1.78. The van der Waals surface area contributed by atoms with Crippen LogP contribution in [-0.2, 0) is 0 Å². The molecule has 0 spiro atoms. The predicted molar refractivity (Wildman–Crippen MR) is 90.3 cm³/mol. The van der Waals surface area contributed by atoms with E-state index in [1.807, 2.05) is 32.9 Å². The van der Waals surface area contributed by atoms with E-state index in [9.17, 15) is 4.39 Å². The van der Waals surface area contributed by atoms with Crippen molar-refractivity contribution in [3.63, 3.8) is 0 Å².